The lowest BCUT2D eigenvalue weighted by atomic mass is 10.2. The fraction of sp³-hybridized carbons (Fsp3) is 0.192. The summed E-state index contributed by atoms with van der Waals surface area (Å²) in [7, 11) is 0. The topological polar surface area (TPSA) is 111 Å². The Kier molecular flexibility index (Phi) is 8.70. The highest BCUT2D eigenvalue weighted by Gasteiger charge is 2.42. The summed E-state index contributed by atoms with van der Waals surface area (Å²) in [5, 5.41) is 10.7. The molecule has 2 aromatic heterocycles. The predicted octanol–water partition coefficient (Wildman–Crippen LogP) is 6.54. The van der Waals surface area contributed by atoms with E-state index in [4.69, 9.17) is 16.3 Å². The van der Waals surface area contributed by atoms with Crippen molar-refractivity contribution in [2.24, 2.45) is 0 Å². The molecule has 0 spiro atoms. The molecule has 0 unspecified atom stereocenters. The number of alkyl halides is 6. The largest absolute Gasteiger partial charge is 0.457 e. The Morgan fingerprint density at radius 3 is 2.26 bits per heavy atom. The molecule has 0 radical (unpaired) electrons. The standard InChI is InChI=1S/C26H19ClF6N6O3/c1-2-10-35-23(40)20-13-17(9-11-34-20)42-16-6-3-14(4-7-16)36-24(41)21-22(26(31,32)33)39(38-37-21)15-5-8-18(19(27)12-15)25(28,29)30/h3-9,11-13H,2,10H2,1H3,(H,35,40)(H,36,41). The zero-order valence-corrected chi connectivity index (χ0v) is 22.1. The quantitative estimate of drug-likeness (QED) is 0.219. The number of halogens is 7. The highest BCUT2D eigenvalue weighted by Crippen LogP contribution is 2.37. The van der Waals surface area contributed by atoms with Gasteiger partial charge in [0.1, 0.15) is 17.2 Å². The molecule has 42 heavy (non-hydrogen) atoms. The molecule has 0 bridgehead atoms. The van der Waals surface area contributed by atoms with Gasteiger partial charge in [0.05, 0.1) is 16.3 Å². The van der Waals surface area contributed by atoms with Crippen molar-refractivity contribution in [3.63, 3.8) is 0 Å². The van der Waals surface area contributed by atoms with Crippen LogP contribution in [0.3, 0.4) is 0 Å². The average molecular weight is 613 g/mol. The molecule has 4 aromatic rings. The zero-order valence-electron chi connectivity index (χ0n) is 21.3. The summed E-state index contributed by atoms with van der Waals surface area (Å²) in [5.74, 6) is -1.09. The van der Waals surface area contributed by atoms with E-state index < -0.39 is 45.9 Å². The average Bonchev–Trinajstić information content (AvgIpc) is 3.39. The van der Waals surface area contributed by atoms with Crippen LogP contribution in [0.1, 0.15) is 45.6 Å². The van der Waals surface area contributed by atoms with Crippen LogP contribution in [-0.2, 0) is 12.4 Å². The predicted molar refractivity (Wildman–Crippen MR) is 138 cm³/mol. The minimum absolute atomic E-state index is 0.0713. The SMILES string of the molecule is CCCNC(=O)c1cc(Oc2ccc(NC(=O)c3nnn(-c4ccc(C(F)(F)F)c(Cl)c4)c3C(F)(F)F)cc2)ccn1. The lowest BCUT2D eigenvalue weighted by Crippen LogP contribution is -2.24. The molecule has 0 atom stereocenters. The number of benzene rings is 2. The molecular weight excluding hydrogens is 594 g/mol. The van der Waals surface area contributed by atoms with Crippen LogP contribution in [0, 0.1) is 0 Å². The van der Waals surface area contributed by atoms with Gasteiger partial charge in [-0.1, -0.05) is 23.7 Å². The first-order valence-corrected chi connectivity index (χ1v) is 12.4. The molecule has 2 heterocycles. The van der Waals surface area contributed by atoms with Crippen molar-refractivity contribution >= 4 is 29.1 Å². The van der Waals surface area contributed by atoms with Gasteiger partial charge in [0.15, 0.2) is 11.4 Å². The van der Waals surface area contributed by atoms with Gasteiger partial charge in [-0.25, -0.2) is 4.68 Å². The molecule has 2 N–H and O–H groups in total. The minimum Gasteiger partial charge on any atom is -0.457 e. The molecule has 0 aliphatic carbocycles. The number of amides is 2. The van der Waals surface area contributed by atoms with E-state index in [0.717, 1.165) is 12.5 Å². The van der Waals surface area contributed by atoms with Gasteiger partial charge >= 0.3 is 12.4 Å². The van der Waals surface area contributed by atoms with Crippen molar-refractivity contribution in [3.05, 3.63) is 88.5 Å². The lowest BCUT2D eigenvalue weighted by Gasteiger charge is -2.13. The molecule has 9 nitrogen and oxygen atoms in total. The fourth-order valence-corrected chi connectivity index (χ4v) is 3.88. The normalized spacial score (nSPS) is 11.7. The van der Waals surface area contributed by atoms with E-state index in [2.05, 4.69) is 25.9 Å². The summed E-state index contributed by atoms with van der Waals surface area (Å²) < 4.78 is 86.8. The third-order valence-electron chi connectivity index (χ3n) is 5.50. The monoisotopic (exact) mass is 612 g/mol. The molecule has 0 fully saturated rings. The van der Waals surface area contributed by atoms with Gasteiger partial charge in [-0.15, -0.1) is 5.10 Å². The van der Waals surface area contributed by atoms with Crippen LogP contribution in [0.5, 0.6) is 11.5 Å². The number of carbonyl (C=O) groups is 2. The number of pyridine rings is 1. The van der Waals surface area contributed by atoms with Crippen molar-refractivity contribution in [1.29, 1.82) is 0 Å². The Labute approximate surface area is 238 Å². The zero-order chi connectivity index (χ0) is 30.7. The molecule has 16 heteroatoms. The second kappa shape index (κ2) is 12.1. The number of hydrogen-bond donors (Lipinski definition) is 2. The Hall–Kier alpha value is -4.66. The maximum Gasteiger partial charge on any atom is 0.435 e. The van der Waals surface area contributed by atoms with Crippen molar-refractivity contribution < 1.29 is 40.7 Å². The van der Waals surface area contributed by atoms with E-state index in [0.29, 0.717) is 24.4 Å². The van der Waals surface area contributed by atoms with E-state index in [9.17, 15) is 35.9 Å². The summed E-state index contributed by atoms with van der Waals surface area (Å²) >= 11 is 5.64. The van der Waals surface area contributed by atoms with Crippen LogP contribution in [0.4, 0.5) is 32.0 Å². The number of carbonyl (C=O) groups excluding carboxylic acids is 2. The number of anilines is 1. The fourth-order valence-electron chi connectivity index (χ4n) is 3.60. The van der Waals surface area contributed by atoms with E-state index in [1.807, 2.05) is 6.92 Å². The highest BCUT2D eigenvalue weighted by molar-refractivity contribution is 6.31. The van der Waals surface area contributed by atoms with Crippen molar-refractivity contribution in [1.82, 2.24) is 25.3 Å². The molecule has 2 amide bonds. The lowest BCUT2D eigenvalue weighted by molar-refractivity contribution is -0.143. The van der Waals surface area contributed by atoms with Gasteiger partial charge in [0, 0.05) is 24.5 Å². The van der Waals surface area contributed by atoms with Crippen LogP contribution in [0.2, 0.25) is 5.02 Å². The van der Waals surface area contributed by atoms with Gasteiger partial charge in [0.2, 0.25) is 0 Å². The van der Waals surface area contributed by atoms with Gasteiger partial charge in [-0.3, -0.25) is 14.6 Å². The van der Waals surface area contributed by atoms with E-state index in [1.165, 1.54) is 42.6 Å². The Morgan fingerprint density at radius 2 is 1.64 bits per heavy atom. The number of rotatable bonds is 8. The maximum atomic E-state index is 14.0. The first-order valence-electron chi connectivity index (χ1n) is 12.0. The van der Waals surface area contributed by atoms with Crippen LogP contribution in [-0.4, -0.2) is 38.3 Å². The van der Waals surface area contributed by atoms with E-state index in [1.54, 1.807) is 0 Å². The minimum atomic E-state index is -5.17. The number of nitrogens with zero attached hydrogens (tertiary/aromatic N) is 4. The van der Waals surface area contributed by atoms with E-state index >= 15 is 0 Å². The van der Waals surface area contributed by atoms with Gasteiger partial charge in [-0.05, 0) is 55.0 Å². The summed E-state index contributed by atoms with van der Waals surface area (Å²) in [6, 6.07) is 10.3. The molecule has 0 saturated heterocycles. The highest BCUT2D eigenvalue weighted by atomic mass is 35.5. The van der Waals surface area contributed by atoms with Crippen molar-refractivity contribution in [2.75, 3.05) is 11.9 Å². The number of nitrogens with one attached hydrogen (secondary N) is 2. The number of hydrogen-bond acceptors (Lipinski definition) is 6. The van der Waals surface area contributed by atoms with Crippen molar-refractivity contribution in [3.8, 4) is 17.2 Å². The van der Waals surface area contributed by atoms with Crippen LogP contribution in [0.15, 0.2) is 60.8 Å². The third kappa shape index (κ3) is 6.97. The summed E-state index contributed by atoms with van der Waals surface area (Å²) in [5.41, 5.74) is -4.28. The van der Waals surface area contributed by atoms with Crippen molar-refractivity contribution in [2.45, 2.75) is 25.7 Å². The molecular formula is C26H19ClF6N6O3. The van der Waals surface area contributed by atoms with Crippen LogP contribution in [0.25, 0.3) is 5.69 Å². The molecule has 2 aromatic carbocycles. The number of aromatic nitrogens is 4. The van der Waals surface area contributed by atoms with Gasteiger partial charge in [-0.2, -0.15) is 26.3 Å². The molecule has 0 saturated carbocycles. The molecule has 0 aliphatic heterocycles. The summed E-state index contributed by atoms with van der Waals surface area (Å²) in [6.07, 6.45) is -7.87. The van der Waals surface area contributed by atoms with Gasteiger partial charge < -0.3 is 15.4 Å². The van der Waals surface area contributed by atoms with Crippen LogP contribution >= 0.6 is 11.6 Å². The first-order chi connectivity index (χ1) is 19.8. The molecule has 220 valence electrons. The Balaban J connectivity index is 1.52. The Bertz CT molecular complexity index is 1610. The Morgan fingerprint density at radius 1 is 0.929 bits per heavy atom. The number of ether oxygens (including phenoxy) is 1. The third-order valence-corrected chi connectivity index (χ3v) is 5.82. The second-order valence-corrected chi connectivity index (χ2v) is 8.98. The van der Waals surface area contributed by atoms with Crippen LogP contribution < -0.4 is 15.4 Å². The maximum absolute atomic E-state index is 14.0. The second-order valence-electron chi connectivity index (χ2n) is 8.57. The first kappa shape index (κ1) is 30.3. The smallest absolute Gasteiger partial charge is 0.435 e. The molecule has 0 aliphatic rings. The van der Waals surface area contributed by atoms with E-state index in [-0.39, 0.29) is 27.7 Å². The molecule has 4 rings (SSSR count). The summed E-state index contributed by atoms with van der Waals surface area (Å²) in [6.45, 7) is 2.38. The van der Waals surface area contributed by atoms with Gasteiger partial charge in [0.25, 0.3) is 11.8 Å². The summed E-state index contributed by atoms with van der Waals surface area (Å²) in [4.78, 5) is 28.8.